The van der Waals surface area contributed by atoms with Crippen molar-refractivity contribution >= 4 is 11.3 Å². The van der Waals surface area contributed by atoms with Crippen LogP contribution in [0.3, 0.4) is 0 Å². The van der Waals surface area contributed by atoms with E-state index in [1.165, 1.54) is 23.5 Å². The Morgan fingerprint density at radius 2 is 1.83 bits per heavy atom. The zero-order chi connectivity index (χ0) is 17.2. The van der Waals surface area contributed by atoms with Gasteiger partial charge in [0.2, 0.25) is 0 Å². The molecule has 1 aromatic heterocycles. The Kier molecular flexibility index (Phi) is 4.57. The molecule has 0 atom stereocenters. The molecule has 0 radical (unpaired) electrons. The van der Waals surface area contributed by atoms with Crippen LogP contribution >= 0.6 is 11.3 Å². The molecule has 0 saturated carbocycles. The minimum absolute atomic E-state index is 0.320. The third-order valence-corrected chi connectivity index (χ3v) is 4.33. The molecule has 0 aliphatic rings. The molecule has 3 aromatic rings. The maximum Gasteiger partial charge on any atom is 0.416 e. The minimum atomic E-state index is -4.33. The molecule has 0 spiro atoms. The first-order chi connectivity index (χ1) is 11.4. The van der Waals surface area contributed by atoms with Crippen molar-refractivity contribution in [3.8, 4) is 16.3 Å². The van der Waals surface area contributed by atoms with E-state index in [1.807, 2.05) is 36.6 Å². The van der Waals surface area contributed by atoms with Crippen LogP contribution in [-0.4, -0.2) is 4.98 Å². The van der Waals surface area contributed by atoms with Gasteiger partial charge in [0.15, 0.2) is 0 Å². The number of benzene rings is 2. The lowest BCUT2D eigenvalue weighted by atomic mass is 10.1. The van der Waals surface area contributed by atoms with Gasteiger partial charge in [-0.3, -0.25) is 0 Å². The second-order valence-corrected chi connectivity index (χ2v) is 6.18. The first kappa shape index (κ1) is 16.5. The smallest absolute Gasteiger partial charge is 0.416 e. The fourth-order valence-corrected chi connectivity index (χ4v) is 2.98. The molecule has 6 heteroatoms. The van der Waals surface area contributed by atoms with Crippen molar-refractivity contribution in [2.75, 3.05) is 0 Å². The molecule has 2 nitrogen and oxygen atoms in total. The van der Waals surface area contributed by atoms with Crippen molar-refractivity contribution in [1.82, 2.24) is 4.98 Å². The van der Waals surface area contributed by atoms with Gasteiger partial charge in [-0.1, -0.05) is 24.3 Å². The summed E-state index contributed by atoms with van der Waals surface area (Å²) in [6.45, 7) is 2.30. The lowest BCUT2D eigenvalue weighted by Gasteiger charge is -2.06. The topological polar surface area (TPSA) is 22.1 Å². The van der Waals surface area contributed by atoms with E-state index in [1.54, 1.807) is 0 Å². The summed E-state index contributed by atoms with van der Waals surface area (Å²) in [6.07, 6.45) is -4.33. The van der Waals surface area contributed by atoms with Gasteiger partial charge in [-0.25, -0.2) is 4.98 Å². The highest BCUT2D eigenvalue weighted by Crippen LogP contribution is 2.31. The van der Waals surface area contributed by atoms with Gasteiger partial charge in [0.1, 0.15) is 17.4 Å². The second-order valence-electron chi connectivity index (χ2n) is 5.32. The number of ether oxygens (including phenoxy) is 1. The van der Waals surface area contributed by atoms with E-state index in [2.05, 4.69) is 4.98 Å². The number of nitrogens with zero attached hydrogens (tertiary/aromatic N) is 1. The number of rotatable bonds is 4. The normalized spacial score (nSPS) is 11.5. The van der Waals surface area contributed by atoms with E-state index in [0.29, 0.717) is 17.2 Å². The van der Waals surface area contributed by atoms with Gasteiger partial charge in [-0.15, -0.1) is 11.3 Å². The molecule has 24 heavy (non-hydrogen) atoms. The lowest BCUT2D eigenvalue weighted by molar-refractivity contribution is -0.137. The molecule has 1 heterocycles. The second kappa shape index (κ2) is 6.65. The van der Waals surface area contributed by atoms with Crippen molar-refractivity contribution < 1.29 is 17.9 Å². The van der Waals surface area contributed by atoms with Crippen LogP contribution in [0, 0.1) is 6.92 Å². The molecule has 0 fully saturated rings. The third-order valence-electron chi connectivity index (χ3n) is 3.39. The van der Waals surface area contributed by atoms with Crippen LogP contribution < -0.4 is 4.74 Å². The number of aryl methyl sites for hydroxylation is 1. The minimum Gasteiger partial charge on any atom is -0.487 e. The molecule has 124 valence electrons. The van der Waals surface area contributed by atoms with Gasteiger partial charge in [0.05, 0.1) is 11.3 Å². The average molecular weight is 349 g/mol. The Morgan fingerprint density at radius 1 is 1.08 bits per heavy atom. The molecular weight excluding hydrogens is 335 g/mol. The van der Waals surface area contributed by atoms with E-state index in [0.717, 1.165) is 29.1 Å². The molecule has 0 saturated heterocycles. The molecule has 0 aliphatic heterocycles. The van der Waals surface area contributed by atoms with Crippen LogP contribution in [0.25, 0.3) is 10.6 Å². The highest BCUT2D eigenvalue weighted by atomic mass is 32.1. The number of thiazole rings is 1. The Labute approximate surface area is 141 Å². The largest absolute Gasteiger partial charge is 0.487 e. The van der Waals surface area contributed by atoms with E-state index in [9.17, 15) is 13.2 Å². The van der Waals surface area contributed by atoms with E-state index in [4.69, 9.17) is 4.74 Å². The first-order valence-corrected chi connectivity index (χ1v) is 8.11. The summed E-state index contributed by atoms with van der Waals surface area (Å²) < 4.78 is 43.4. The maximum atomic E-state index is 12.6. The molecule has 0 amide bonds. The van der Waals surface area contributed by atoms with Gasteiger partial charge in [0.25, 0.3) is 0 Å². The molecule has 3 rings (SSSR count). The first-order valence-electron chi connectivity index (χ1n) is 7.23. The Morgan fingerprint density at radius 3 is 2.50 bits per heavy atom. The molecule has 0 unspecified atom stereocenters. The van der Waals surface area contributed by atoms with Crippen molar-refractivity contribution in [3.05, 3.63) is 70.7 Å². The predicted octanol–water partition coefficient (Wildman–Crippen LogP) is 5.72. The molecular formula is C18H14F3NOS. The Hall–Kier alpha value is -2.34. The summed E-state index contributed by atoms with van der Waals surface area (Å²) >= 11 is 1.38. The summed E-state index contributed by atoms with van der Waals surface area (Å²) in [5.41, 5.74) is 1.85. The Balaban J connectivity index is 1.69. The lowest BCUT2D eigenvalue weighted by Crippen LogP contribution is -2.03. The number of hydrogen-bond donors (Lipinski definition) is 0. The number of alkyl halides is 3. The van der Waals surface area contributed by atoms with Gasteiger partial charge in [0, 0.05) is 10.9 Å². The number of halogens is 3. The fraction of sp³-hybridized carbons (Fsp3) is 0.167. The number of hydrogen-bond acceptors (Lipinski definition) is 3. The van der Waals surface area contributed by atoms with Gasteiger partial charge in [-0.05, 0) is 36.8 Å². The van der Waals surface area contributed by atoms with Crippen LogP contribution in [0.15, 0.2) is 53.9 Å². The highest BCUT2D eigenvalue weighted by Gasteiger charge is 2.30. The molecule has 0 aliphatic carbocycles. The van der Waals surface area contributed by atoms with Crippen molar-refractivity contribution in [1.29, 1.82) is 0 Å². The van der Waals surface area contributed by atoms with Crippen LogP contribution in [0.2, 0.25) is 0 Å². The monoisotopic (exact) mass is 349 g/mol. The maximum absolute atomic E-state index is 12.6. The van der Waals surface area contributed by atoms with Gasteiger partial charge >= 0.3 is 6.18 Å². The zero-order valence-corrected chi connectivity index (χ0v) is 13.6. The zero-order valence-electron chi connectivity index (χ0n) is 12.8. The van der Waals surface area contributed by atoms with Gasteiger partial charge < -0.3 is 4.74 Å². The highest BCUT2D eigenvalue weighted by molar-refractivity contribution is 7.13. The summed E-state index contributed by atoms with van der Waals surface area (Å²) in [4.78, 5) is 4.42. The van der Waals surface area contributed by atoms with Gasteiger partial charge in [-0.2, -0.15) is 13.2 Å². The standard InChI is InChI=1S/C18H14F3NOS/c1-12-3-2-4-16(9-12)23-10-15-11-24-17(22-15)13-5-7-14(8-6-13)18(19,20)21/h2-9,11H,10H2,1H3. The predicted molar refractivity (Wildman–Crippen MR) is 88.1 cm³/mol. The van der Waals surface area contributed by atoms with Crippen LogP contribution in [0.5, 0.6) is 5.75 Å². The Bertz CT molecular complexity index is 825. The average Bonchev–Trinajstić information content (AvgIpc) is 3.01. The third kappa shape index (κ3) is 3.94. The van der Waals surface area contributed by atoms with Crippen molar-refractivity contribution in [3.63, 3.8) is 0 Å². The molecule has 2 aromatic carbocycles. The van der Waals surface area contributed by atoms with Crippen LogP contribution in [-0.2, 0) is 12.8 Å². The number of aromatic nitrogens is 1. The van der Waals surface area contributed by atoms with Crippen molar-refractivity contribution in [2.45, 2.75) is 19.7 Å². The van der Waals surface area contributed by atoms with E-state index < -0.39 is 11.7 Å². The summed E-state index contributed by atoms with van der Waals surface area (Å²) in [6, 6.07) is 12.7. The van der Waals surface area contributed by atoms with Crippen LogP contribution in [0.1, 0.15) is 16.8 Å². The summed E-state index contributed by atoms with van der Waals surface area (Å²) in [5.74, 6) is 0.763. The summed E-state index contributed by atoms with van der Waals surface area (Å²) in [5, 5.41) is 2.52. The molecule has 0 bridgehead atoms. The van der Waals surface area contributed by atoms with Crippen molar-refractivity contribution in [2.24, 2.45) is 0 Å². The van der Waals surface area contributed by atoms with E-state index >= 15 is 0 Å². The fourth-order valence-electron chi connectivity index (χ4n) is 2.17. The quantitative estimate of drug-likeness (QED) is 0.601. The molecule has 0 N–H and O–H groups in total. The van der Waals surface area contributed by atoms with Crippen LogP contribution in [0.4, 0.5) is 13.2 Å². The van der Waals surface area contributed by atoms with E-state index in [-0.39, 0.29) is 0 Å². The SMILES string of the molecule is Cc1cccc(OCc2csc(-c3ccc(C(F)(F)F)cc3)n2)c1. The summed E-state index contributed by atoms with van der Waals surface area (Å²) in [7, 11) is 0.